The van der Waals surface area contributed by atoms with E-state index in [0.717, 1.165) is 57.1 Å². The van der Waals surface area contributed by atoms with Crippen molar-refractivity contribution in [3.63, 3.8) is 0 Å². The zero-order valence-corrected chi connectivity index (χ0v) is 24.5. The van der Waals surface area contributed by atoms with Crippen LogP contribution >= 0.6 is 0 Å². The molecule has 0 aromatic heterocycles. The van der Waals surface area contributed by atoms with E-state index in [-0.39, 0.29) is 30.4 Å². The van der Waals surface area contributed by atoms with Crippen LogP contribution in [0.3, 0.4) is 0 Å². The standard InChI is InChI=1S/C33H30F10O3/c1-2-3-4-5-19-6-8-20(9-7-19)21-10-12-24(26(34)14-21)32(40,41)45-22-11-13-25(27(35)15-22)33(42,43)46-23-16-28(36)31(29(37)17-23)44-18-30(38)39/h10-20H,2-9H2,1H3. The van der Waals surface area contributed by atoms with Gasteiger partial charge in [0.25, 0.3) is 0 Å². The fourth-order valence-corrected chi connectivity index (χ4v) is 5.50. The molecule has 0 aliphatic heterocycles. The lowest BCUT2D eigenvalue weighted by atomic mass is 9.77. The highest BCUT2D eigenvalue weighted by Crippen LogP contribution is 2.41. The third kappa shape index (κ3) is 8.67. The Bertz CT molecular complexity index is 1510. The molecule has 3 aromatic carbocycles. The Hall–Kier alpha value is -3.90. The van der Waals surface area contributed by atoms with Crippen molar-refractivity contribution in [1.82, 2.24) is 0 Å². The highest BCUT2D eigenvalue weighted by atomic mass is 19.3. The minimum absolute atomic E-state index is 0.0217. The van der Waals surface area contributed by atoms with Crippen molar-refractivity contribution in [3.05, 3.63) is 101 Å². The van der Waals surface area contributed by atoms with Gasteiger partial charge in [-0.2, -0.15) is 26.3 Å². The number of benzene rings is 3. The predicted octanol–water partition coefficient (Wildman–Crippen LogP) is 11.5. The van der Waals surface area contributed by atoms with Gasteiger partial charge in [-0.1, -0.05) is 38.7 Å². The van der Waals surface area contributed by atoms with Gasteiger partial charge in [0.1, 0.15) is 28.7 Å². The summed E-state index contributed by atoms with van der Waals surface area (Å²) in [5, 5.41) is 0. The third-order valence-electron chi connectivity index (χ3n) is 7.82. The smallest absolute Gasteiger partial charge is 0.429 e. The number of hydrogen-bond acceptors (Lipinski definition) is 3. The number of rotatable bonds is 13. The summed E-state index contributed by atoms with van der Waals surface area (Å²) >= 11 is 0. The molecule has 0 N–H and O–H groups in total. The van der Waals surface area contributed by atoms with Crippen LogP contribution in [0.4, 0.5) is 43.9 Å². The summed E-state index contributed by atoms with van der Waals surface area (Å²) in [6.07, 6.45) is -3.47. The topological polar surface area (TPSA) is 27.7 Å². The van der Waals surface area contributed by atoms with E-state index in [1.54, 1.807) is 0 Å². The summed E-state index contributed by atoms with van der Waals surface area (Å²) in [7, 11) is 0. The van der Waals surface area contributed by atoms with Crippen molar-refractivity contribution >= 4 is 0 Å². The lowest BCUT2D eigenvalue weighted by molar-refractivity contribution is -0.189. The Morgan fingerprint density at radius 2 is 1.26 bits per heavy atom. The van der Waals surface area contributed by atoms with Crippen LogP contribution in [0.5, 0.6) is 17.2 Å². The molecule has 1 aliphatic rings. The second-order valence-electron chi connectivity index (χ2n) is 11.1. The summed E-state index contributed by atoms with van der Waals surface area (Å²) in [6, 6.07) is 4.70. The van der Waals surface area contributed by atoms with Crippen LogP contribution in [0.1, 0.15) is 80.9 Å². The maximum absolute atomic E-state index is 15.0. The number of hydrogen-bond donors (Lipinski definition) is 0. The maximum Gasteiger partial charge on any atom is 0.429 e. The van der Waals surface area contributed by atoms with Gasteiger partial charge in [-0.3, -0.25) is 0 Å². The number of alkyl halides is 4. The molecule has 0 unspecified atom stereocenters. The predicted molar refractivity (Wildman–Crippen MR) is 148 cm³/mol. The summed E-state index contributed by atoms with van der Waals surface area (Å²) in [4.78, 5) is 0. The summed E-state index contributed by atoms with van der Waals surface area (Å²) < 4.78 is 154. The van der Waals surface area contributed by atoms with E-state index in [2.05, 4.69) is 21.1 Å². The summed E-state index contributed by atoms with van der Waals surface area (Å²) in [5.41, 5.74) is -2.08. The number of ether oxygens (including phenoxy) is 3. The lowest BCUT2D eigenvalue weighted by Crippen LogP contribution is -2.25. The van der Waals surface area contributed by atoms with Gasteiger partial charge >= 0.3 is 18.3 Å². The van der Waals surface area contributed by atoms with Crippen LogP contribution < -0.4 is 14.2 Å². The molecule has 0 radical (unpaired) electrons. The van der Waals surface area contributed by atoms with Crippen LogP contribution in [0.2, 0.25) is 0 Å². The van der Waals surface area contributed by atoms with E-state index in [1.165, 1.54) is 12.5 Å². The Kier molecular flexibility index (Phi) is 11.2. The molecule has 0 saturated heterocycles. The van der Waals surface area contributed by atoms with E-state index in [1.807, 2.05) is 0 Å². The third-order valence-corrected chi connectivity index (χ3v) is 7.82. The Morgan fingerprint density at radius 1 is 0.717 bits per heavy atom. The van der Waals surface area contributed by atoms with Crippen molar-refractivity contribution in [2.75, 3.05) is 0 Å². The summed E-state index contributed by atoms with van der Waals surface area (Å²) in [6.45, 7) is 2.14. The molecule has 0 bridgehead atoms. The Balaban J connectivity index is 1.43. The molecule has 0 heterocycles. The van der Waals surface area contributed by atoms with Crippen LogP contribution in [0.25, 0.3) is 0 Å². The minimum Gasteiger partial charge on any atom is -0.453 e. The molecular weight excluding hydrogens is 634 g/mol. The highest BCUT2D eigenvalue weighted by Gasteiger charge is 2.41. The second-order valence-corrected chi connectivity index (χ2v) is 11.1. The SMILES string of the molecule is CCCCCC1CCC(c2ccc(C(F)(F)Oc3ccc(C(F)(F)Oc4cc(F)c(OC=C(F)F)c(F)c4)c(F)c3)c(F)c2)CC1. The quantitative estimate of drug-likeness (QED) is 0.103. The van der Waals surface area contributed by atoms with Crippen molar-refractivity contribution in [3.8, 4) is 17.2 Å². The normalized spacial score (nSPS) is 17.0. The monoisotopic (exact) mass is 664 g/mol. The zero-order valence-electron chi connectivity index (χ0n) is 24.5. The first kappa shape index (κ1) is 35.0. The van der Waals surface area contributed by atoms with Gasteiger partial charge in [0.2, 0.25) is 0 Å². The molecule has 4 rings (SSSR count). The zero-order chi connectivity index (χ0) is 33.6. The molecule has 13 heteroatoms. The fraction of sp³-hybridized carbons (Fsp3) is 0.394. The first-order chi connectivity index (χ1) is 21.7. The van der Waals surface area contributed by atoms with Gasteiger partial charge < -0.3 is 14.2 Å². The van der Waals surface area contributed by atoms with E-state index >= 15 is 0 Å². The average Bonchev–Trinajstić information content (AvgIpc) is 2.96. The van der Waals surface area contributed by atoms with Crippen LogP contribution in [-0.2, 0) is 12.2 Å². The molecule has 1 aliphatic carbocycles. The van der Waals surface area contributed by atoms with Gasteiger partial charge in [-0.15, -0.1) is 0 Å². The molecule has 0 amide bonds. The molecule has 0 atom stereocenters. The number of unbranched alkanes of at least 4 members (excludes halogenated alkanes) is 2. The molecule has 3 nitrogen and oxygen atoms in total. The van der Waals surface area contributed by atoms with Gasteiger partial charge in [-0.25, -0.2) is 17.6 Å². The van der Waals surface area contributed by atoms with Crippen molar-refractivity contribution in [2.45, 2.75) is 76.4 Å². The first-order valence-electron chi connectivity index (χ1n) is 14.6. The van der Waals surface area contributed by atoms with Crippen molar-refractivity contribution in [1.29, 1.82) is 0 Å². The average molecular weight is 665 g/mol. The minimum atomic E-state index is -4.60. The van der Waals surface area contributed by atoms with Crippen molar-refractivity contribution in [2.24, 2.45) is 5.92 Å². The largest absolute Gasteiger partial charge is 0.453 e. The lowest BCUT2D eigenvalue weighted by Gasteiger charge is -2.29. The molecule has 1 fully saturated rings. The van der Waals surface area contributed by atoms with Gasteiger partial charge in [0.15, 0.2) is 23.6 Å². The van der Waals surface area contributed by atoms with Gasteiger partial charge in [-0.05, 0) is 67.3 Å². The molecule has 3 aromatic rings. The van der Waals surface area contributed by atoms with Crippen LogP contribution in [-0.4, -0.2) is 0 Å². The van der Waals surface area contributed by atoms with E-state index in [9.17, 15) is 43.9 Å². The highest BCUT2D eigenvalue weighted by molar-refractivity contribution is 5.37. The van der Waals surface area contributed by atoms with Crippen molar-refractivity contribution < 1.29 is 58.1 Å². The van der Waals surface area contributed by atoms with E-state index in [0.29, 0.717) is 23.6 Å². The van der Waals surface area contributed by atoms with Gasteiger partial charge in [0, 0.05) is 18.2 Å². The maximum atomic E-state index is 15.0. The molecule has 0 spiro atoms. The molecule has 46 heavy (non-hydrogen) atoms. The van der Waals surface area contributed by atoms with E-state index in [4.69, 9.17) is 0 Å². The fourth-order valence-electron chi connectivity index (χ4n) is 5.50. The van der Waals surface area contributed by atoms with Crippen LogP contribution in [0, 0.1) is 29.2 Å². The van der Waals surface area contributed by atoms with E-state index < -0.39 is 69.9 Å². The Labute approximate surface area is 258 Å². The molecule has 250 valence electrons. The number of halogens is 10. The first-order valence-corrected chi connectivity index (χ1v) is 14.6. The van der Waals surface area contributed by atoms with Gasteiger partial charge in [0.05, 0.1) is 5.56 Å². The van der Waals surface area contributed by atoms with Crippen LogP contribution in [0.15, 0.2) is 60.9 Å². The summed E-state index contributed by atoms with van der Waals surface area (Å²) in [5.74, 6) is -9.27. The molecule has 1 saturated carbocycles. The Morgan fingerprint density at radius 3 is 1.80 bits per heavy atom. The molecular formula is C33H30F10O3. The second kappa shape index (κ2) is 14.7.